The zero-order valence-corrected chi connectivity index (χ0v) is 12.8. The van der Waals surface area contributed by atoms with Gasteiger partial charge in [-0.3, -0.25) is 9.78 Å². The number of hydrogen-bond acceptors (Lipinski definition) is 2. The Balaban J connectivity index is 2.25. The molecule has 0 bridgehead atoms. The van der Waals surface area contributed by atoms with Gasteiger partial charge in [0, 0.05) is 22.7 Å². The molecule has 1 heterocycles. The number of Topliss-reactive ketones (excluding diaryl/α,β-unsaturated/α-hetero) is 1. The molecule has 2 nitrogen and oxygen atoms in total. The lowest BCUT2D eigenvalue weighted by Gasteiger charge is -2.13. The average molecular weight is 297 g/mol. The molecule has 0 N–H and O–H groups in total. The average Bonchev–Trinajstić information content (AvgIpc) is 2.61. The van der Waals surface area contributed by atoms with Crippen molar-refractivity contribution in [2.24, 2.45) is 0 Å². The lowest BCUT2D eigenvalue weighted by molar-refractivity contribution is 0.101. The SMILES string of the molecule is CC(=O)c1cnc2ccc3ccccc3c2c1-c1ccccc1. The Morgan fingerprint density at radius 2 is 1.61 bits per heavy atom. The number of fused-ring (bicyclic) bond motifs is 3. The smallest absolute Gasteiger partial charge is 0.161 e. The first-order chi connectivity index (χ1) is 11.3. The van der Waals surface area contributed by atoms with E-state index in [0.717, 1.165) is 32.8 Å². The van der Waals surface area contributed by atoms with Crippen molar-refractivity contribution in [3.8, 4) is 11.1 Å². The van der Waals surface area contributed by atoms with Crippen LogP contribution in [0.3, 0.4) is 0 Å². The van der Waals surface area contributed by atoms with Crippen molar-refractivity contribution in [3.63, 3.8) is 0 Å². The largest absolute Gasteiger partial charge is 0.294 e. The minimum Gasteiger partial charge on any atom is -0.294 e. The highest BCUT2D eigenvalue weighted by atomic mass is 16.1. The second-order valence-electron chi connectivity index (χ2n) is 5.65. The van der Waals surface area contributed by atoms with Crippen LogP contribution >= 0.6 is 0 Å². The van der Waals surface area contributed by atoms with Crippen LogP contribution in [0.2, 0.25) is 0 Å². The molecule has 1 aromatic heterocycles. The van der Waals surface area contributed by atoms with Crippen molar-refractivity contribution in [2.45, 2.75) is 6.92 Å². The molecule has 0 spiro atoms. The minimum absolute atomic E-state index is 0.0335. The van der Waals surface area contributed by atoms with Crippen LogP contribution in [0.4, 0.5) is 0 Å². The molecule has 4 aromatic rings. The lowest BCUT2D eigenvalue weighted by Crippen LogP contribution is -1.99. The molecule has 110 valence electrons. The van der Waals surface area contributed by atoms with E-state index < -0.39 is 0 Å². The molecule has 23 heavy (non-hydrogen) atoms. The minimum atomic E-state index is 0.0335. The fourth-order valence-electron chi connectivity index (χ4n) is 3.14. The van der Waals surface area contributed by atoms with Gasteiger partial charge >= 0.3 is 0 Å². The van der Waals surface area contributed by atoms with Gasteiger partial charge in [0.05, 0.1) is 5.52 Å². The Bertz CT molecular complexity index is 1040. The third kappa shape index (κ3) is 2.20. The number of ketones is 1. The first-order valence-electron chi connectivity index (χ1n) is 7.62. The highest BCUT2D eigenvalue weighted by Gasteiger charge is 2.16. The first kappa shape index (κ1) is 13.6. The summed E-state index contributed by atoms with van der Waals surface area (Å²) in [7, 11) is 0. The highest BCUT2D eigenvalue weighted by molar-refractivity contribution is 6.17. The van der Waals surface area contributed by atoms with Gasteiger partial charge in [-0.15, -0.1) is 0 Å². The van der Waals surface area contributed by atoms with Crippen LogP contribution in [0.15, 0.2) is 72.9 Å². The van der Waals surface area contributed by atoms with Gasteiger partial charge in [0.15, 0.2) is 5.78 Å². The summed E-state index contributed by atoms with van der Waals surface area (Å²) in [6, 6.07) is 22.4. The molecule has 0 atom stereocenters. The first-order valence-corrected chi connectivity index (χ1v) is 7.62. The van der Waals surface area contributed by atoms with Gasteiger partial charge in [0.1, 0.15) is 0 Å². The molecule has 0 fully saturated rings. The maximum Gasteiger partial charge on any atom is 0.161 e. The quantitative estimate of drug-likeness (QED) is 0.373. The van der Waals surface area contributed by atoms with Gasteiger partial charge in [0.2, 0.25) is 0 Å². The van der Waals surface area contributed by atoms with Gasteiger partial charge in [-0.05, 0) is 29.3 Å². The summed E-state index contributed by atoms with van der Waals surface area (Å²) in [5.41, 5.74) is 3.59. The molecular weight excluding hydrogens is 282 g/mol. The Morgan fingerprint density at radius 3 is 2.39 bits per heavy atom. The molecule has 0 aliphatic heterocycles. The summed E-state index contributed by atoms with van der Waals surface area (Å²) in [6.45, 7) is 1.60. The van der Waals surface area contributed by atoms with Crippen molar-refractivity contribution < 1.29 is 4.79 Å². The van der Waals surface area contributed by atoms with E-state index in [0.29, 0.717) is 5.56 Å². The van der Waals surface area contributed by atoms with E-state index in [1.54, 1.807) is 13.1 Å². The van der Waals surface area contributed by atoms with Crippen LogP contribution in [0.25, 0.3) is 32.8 Å². The van der Waals surface area contributed by atoms with E-state index in [4.69, 9.17) is 0 Å². The number of carbonyl (C=O) groups excluding carboxylic acids is 1. The standard InChI is InChI=1S/C21H15NO/c1-14(23)18-13-22-19-12-11-15-7-5-6-10-17(15)21(19)20(18)16-8-3-2-4-9-16/h2-13H,1H3. The van der Waals surface area contributed by atoms with E-state index in [9.17, 15) is 4.79 Å². The van der Waals surface area contributed by atoms with E-state index in [2.05, 4.69) is 23.2 Å². The predicted molar refractivity (Wildman–Crippen MR) is 94.7 cm³/mol. The number of pyridine rings is 1. The maximum absolute atomic E-state index is 12.2. The second-order valence-corrected chi connectivity index (χ2v) is 5.65. The number of benzene rings is 3. The van der Waals surface area contributed by atoms with Gasteiger partial charge < -0.3 is 0 Å². The van der Waals surface area contributed by atoms with Gasteiger partial charge in [-0.2, -0.15) is 0 Å². The van der Waals surface area contributed by atoms with Crippen molar-refractivity contribution >= 4 is 27.5 Å². The zero-order chi connectivity index (χ0) is 15.8. The molecule has 0 saturated heterocycles. The van der Waals surface area contributed by atoms with Crippen molar-refractivity contribution in [1.82, 2.24) is 4.98 Å². The van der Waals surface area contributed by atoms with Crippen molar-refractivity contribution in [1.29, 1.82) is 0 Å². The zero-order valence-electron chi connectivity index (χ0n) is 12.8. The predicted octanol–water partition coefficient (Wildman–Crippen LogP) is 5.26. The van der Waals surface area contributed by atoms with Crippen molar-refractivity contribution in [3.05, 3.63) is 78.5 Å². The maximum atomic E-state index is 12.2. The fourth-order valence-corrected chi connectivity index (χ4v) is 3.14. The van der Waals surface area contributed by atoms with E-state index >= 15 is 0 Å². The Hall–Kier alpha value is -3.00. The second kappa shape index (κ2) is 5.33. The van der Waals surface area contributed by atoms with Crippen LogP contribution in [-0.2, 0) is 0 Å². The number of rotatable bonds is 2. The fraction of sp³-hybridized carbons (Fsp3) is 0.0476. The van der Waals surface area contributed by atoms with Gasteiger partial charge in [-0.25, -0.2) is 0 Å². The molecule has 2 heteroatoms. The number of carbonyl (C=O) groups is 1. The van der Waals surface area contributed by atoms with Crippen LogP contribution < -0.4 is 0 Å². The van der Waals surface area contributed by atoms with E-state index in [1.807, 2.05) is 48.5 Å². The Kier molecular flexibility index (Phi) is 3.16. The monoisotopic (exact) mass is 297 g/mol. The molecule has 3 aromatic carbocycles. The molecule has 0 unspecified atom stereocenters. The normalized spacial score (nSPS) is 11.0. The van der Waals surface area contributed by atoms with Gasteiger partial charge in [-0.1, -0.05) is 60.7 Å². The Labute approximate surface area is 134 Å². The summed E-state index contributed by atoms with van der Waals surface area (Å²) in [5, 5.41) is 3.32. The summed E-state index contributed by atoms with van der Waals surface area (Å²) in [5.74, 6) is 0.0335. The van der Waals surface area contributed by atoms with E-state index in [-0.39, 0.29) is 5.78 Å². The van der Waals surface area contributed by atoms with Crippen LogP contribution in [0.1, 0.15) is 17.3 Å². The van der Waals surface area contributed by atoms with Crippen LogP contribution in [0, 0.1) is 0 Å². The van der Waals surface area contributed by atoms with Gasteiger partial charge in [0.25, 0.3) is 0 Å². The Morgan fingerprint density at radius 1 is 0.870 bits per heavy atom. The molecule has 0 radical (unpaired) electrons. The summed E-state index contributed by atoms with van der Waals surface area (Å²) in [4.78, 5) is 16.7. The molecular formula is C21H15NO. The summed E-state index contributed by atoms with van der Waals surface area (Å²) < 4.78 is 0. The third-order valence-corrected chi connectivity index (χ3v) is 4.20. The highest BCUT2D eigenvalue weighted by Crippen LogP contribution is 2.35. The number of aromatic nitrogens is 1. The number of hydrogen-bond donors (Lipinski definition) is 0. The third-order valence-electron chi connectivity index (χ3n) is 4.20. The number of nitrogens with zero attached hydrogens (tertiary/aromatic N) is 1. The topological polar surface area (TPSA) is 30.0 Å². The van der Waals surface area contributed by atoms with E-state index in [1.165, 1.54) is 0 Å². The van der Waals surface area contributed by atoms with Crippen LogP contribution in [-0.4, -0.2) is 10.8 Å². The lowest BCUT2D eigenvalue weighted by atomic mass is 9.92. The summed E-state index contributed by atoms with van der Waals surface area (Å²) >= 11 is 0. The molecule has 0 aliphatic carbocycles. The molecule has 0 saturated carbocycles. The molecule has 0 aliphatic rings. The summed E-state index contributed by atoms with van der Waals surface area (Å²) in [6.07, 6.45) is 1.70. The molecule has 0 amide bonds. The molecule has 4 rings (SSSR count). The van der Waals surface area contributed by atoms with Crippen molar-refractivity contribution in [2.75, 3.05) is 0 Å². The van der Waals surface area contributed by atoms with Crippen LogP contribution in [0.5, 0.6) is 0 Å².